The molecule has 0 unspecified atom stereocenters. The van der Waals surface area contributed by atoms with Crippen molar-refractivity contribution in [2.75, 3.05) is 37.7 Å². The Hall–Kier alpha value is -2.31. The molecule has 7 nitrogen and oxygen atoms in total. The normalized spacial score (nSPS) is 18.3. The second kappa shape index (κ2) is 8.18. The van der Waals surface area contributed by atoms with Gasteiger partial charge in [0, 0.05) is 44.1 Å². The van der Waals surface area contributed by atoms with E-state index in [1.165, 1.54) is 12.8 Å². The maximum Gasteiger partial charge on any atom is 0.409 e. The Morgan fingerprint density at radius 1 is 1.24 bits per heavy atom. The number of hydrogen-bond acceptors (Lipinski definition) is 5. The minimum atomic E-state index is -0.271. The van der Waals surface area contributed by atoms with Crippen molar-refractivity contribution in [3.63, 3.8) is 0 Å². The van der Waals surface area contributed by atoms with Crippen LogP contribution >= 0.6 is 0 Å². The van der Waals surface area contributed by atoms with Crippen molar-refractivity contribution >= 4 is 17.7 Å². The van der Waals surface area contributed by atoms with E-state index in [0.717, 1.165) is 31.6 Å². The topological polar surface area (TPSA) is 74.8 Å². The molecular weight excluding hydrogens is 320 g/mol. The second-order valence-electron chi connectivity index (χ2n) is 6.53. The van der Waals surface area contributed by atoms with Crippen LogP contribution in [-0.4, -0.2) is 60.7 Å². The molecule has 0 saturated carbocycles. The maximum absolute atomic E-state index is 12.5. The first kappa shape index (κ1) is 17.5. The quantitative estimate of drug-likeness (QED) is 0.903. The molecule has 0 bridgehead atoms. The molecule has 0 aromatic carbocycles. The summed E-state index contributed by atoms with van der Waals surface area (Å²) in [6, 6.07) is 3.89. The van der Waals surface area contributed by atoms with Gasteiger partial charge in [0.2, 0.25) is 0 Å². The first-order chi connectivity index (χ1) is 12.2. The van der Waals surface area contributed by atoms with E-state index in [1.807, 2.05) is 12.1 Å². The van der Waals surface area contributed by atoms with Gasteiger partial charge in [-0.3, -0.25) is 9.78 Å². The lowest BCUT2D eigenvalue weighted by Gasteiger charge is -2.31. The van der Waals surface area contributed by atoms with E-state index in [4.69, 9.17) is 4.74 Å². The van der Waals surface area contributed by atoms with E-state index in [2.05, 4.69) is 15.2 Å². The first-order valence-corrected chi connectivity index (χ1v) is 9.11. The summed E-state index contributed by atoms with van der Waals surface area (Å²) >= 11 is 0. The van der Waals surface area contributed by atoms with Crippen molar-refractivity contribution in [3.05, 3.63) is 24.0 Å². The monoisotopic (exact) mass is 346 g/mol. The summed E-state index contributed by atoms with van der Waals surface area (Å²) in [4.78, 5) is 32.4. The molecule has 3 rings (SSSR count). The Bertz CT molecular complexity index is 608. The van der Waals surface area contributed by atoms with Crippen molar-refractivity contribution in [2.24, 2.45) is 0 Å². The third-order valence-corrected chi connectivity index (χ3v) is 4.80. The average molecular weight is 346 g/mol. The van der Waals surface area contributed by atoms with Crippen LogP contribution in [0.5, 0.6) is 0 Å². The molecule has 25 heavy (non-hydrogen) atoms. The fourth-order valence-corrected chi connectivity index (χ4v) is 3.40. The Morgan fingerprint density at radius 2 is 1.96 bits per heavy atom. The third-order valence-electron chi connectivity index (χ3n) is 4.80. The Kier molecular flexibility index (Phi) is 5.73. The SMILES string of the molecule is CCOC(=O)N1CCC(NC(=O)c2cc(N3CCCC3)ccn2)CC1. The van der Waals surface area contributed by atoms with Crippen LogP contribution in [-0.2, 0) is 4.74 Å². The van der Waals surface area contributed by atoms with Gasteiger partial charge in [-0.25, -0.2) is 4.79 Å². The number of amides is 2. The molecule has 2 saturated heterocycles. The molecular formula is C18H26N4O3. The zero-order chi connectivity index (χ0) is 17.6. The standard InChI is InChI=1S/C18H26N4O3/c1-2-25-18(24)22-11-6-14(7-12-22)20-17(23)16-13-15(5-8-19-16)21-9-3-4-10-21/h5,8,13-14H,2-4,6-7,9-12H2,1H3,(H,20,23). The van der Waals surface area contributed by atoms with Crippen LogP contribution < -0.4 is 10.2 Å². The number of piperidine rings is 1. The number of likely N-dealkylation sites (tertiary alicyclic amines) is 1. The summed E-state index contributed by atoms with van der Waals surface area (Å²) in [7, 11) is 0. The van der Waals surface area contributed by atoms with Gasteiger partial charge in [-0.15, -0.1) is 0 Å². The number of nitrogens with zero attached hydrogens (tertiary/aromatic N) is 3. The Labute approximate surface area is 148 Å². The van der Waals surface area contributed by atoms with Crippen LogP contribution in [0, 0.1) is 0 Å². The minimum absolute atomic E-state index is 0.0652. The highest BCUT2D eigenvalue weighted by Gasteiger charge is 2.25. The number of rotatable bonds is 4. The number of nitrogens with one attached hydrogen (secondary N) is 1. The molecule has 2 aliphatic heterocycles. The van der Waals surface area contributed by atoms with E-state index in [0.29, 0.717) is 25.4 Å². The van der Waals surface area contributed by atoms with E-state index in [1.54, 1.807) is 18.0 Å². The van der Waals surface area contributed by atoms with E-state index >= 15 is 0 Å². The lowest BCUT2D eigenvalue weighted by Crippen LogP contribution is -2.46. The number of carbonyl (C=O) groups is 2. The molecule has 136 valence electrons. The summed E-state index contributed by atoms with van der Waals surface area (Å²) in [6.45, 7) is 5.47. The molecule has 0 aliphatic carbocycles. The summed E-state index contributed by atoms with van der Waals surface area (Å²) < 4.78 is 5.01. The van der Waals surface area contributed by atoms with Crippen LogP contribution in [0.1, 0.15) is 43.1 Å². The van der Waals surface area contributed by atoms with Crippen LogP contribution in [0.3, 0.4) is 0 Å². The zero-order valence-corrected chi connectivity index (χ0v) is 14.7. The third kappa shape index (κ3) is 4.41. The molecule has 0 spiro atoms. The van der Waals surface area contributed by atoms with Gasteiger partial charge in [0.1, 0.15) is 5.69 Å². The van der Waals surface area contributed by atoms with Gasteiger partial charge in [0.15, 0.2) is 0 Å². The molecule has 7 heteroatoms. The van der Waals surface area contributed by atoms with Crippen LogP contribution in [0.4, 0.5) is 10.5 Å². The van der Waals surface area contributed by atoms with Crippen molar-refractivity contribution in [2.45, 2.75) is 38.6 Å². The minimum Gasteiger partial charge on any atom is -0.450 e. The Morgan fingerprint density at radius 3 is 2.64 bits per heavy atom. The summed E-state index contributed by atoms with van der Waals surface area (Å²) in [6.07, 6.45) is 5.29. The molecule has 1 aromatic rings. The number of carbonyl (C=O) groups excluding carboxylic acids is 2. The summed E-state index contributed by atoms with van der Waals surface area (Å²) in [5.74, 6) is -0.143. The smallest absolute Gasteiger partial charge is 0.409 e. The van der Waals surface area contributed by atoms with Crippen LogP contribution in [0.25, 0.3) is 0 Å². The molecule has 0 atom stereocenters. The largest absolute Gasteiger partial charge is 0.450 e. The lowest BCUT2D eigenvalue weighted by molar-refractivity contribution is 0.0856. The molecule has 2 aliphatic rings. The zero-order valence-electron chi connectivity index (χ0n) is 14.7. The second-order valence-corrected chi connectivity index (χ2v) is 6.53. The van der Waals surface area contributed by atoms with Gasteiger partial charge in [-0.2, -0.15) is 0 Å². The highest BCUT2D eigenvalue weighted by molar-refractivity contribution is 5.93. The average Bonchev–Trinajstić information content (AvgIpc) is 3.17. The van der Waals surface area contributed by atoms with E-state index in [9.17, 15) is 9.59 Å². The van der Waals surface area contributed by atoms with Crippen molar-refractivity contribution in [1.82, 2.24) is 15.2 Å². The number of aromatic nitrogens is 1. The predicted octanol–water partition coefficient (Wildman–Crippen LogP) is 2.03. The number of hydrogen-bond donors (Lipinski definition) is 1. The molecule has 3 heterocycles. The van der Waals surface area contributed by atoms with Gasteiger partial charge in [0.05, 0.1) is 6.61 Å². The first-order valence-electron chi connectivity index (χ1n) is 9.11. The van der Waals surface area contributed by atoms with Crippen LogP contribution in [0.15, 0.2) is 18.3 Å². The maximum atomic E-state index is 12.5. The van der Waals surface area contributed by atoms with Gasteiger partial charge >= 0.3 is 6.09 Å². The van der Waals surface area contributed by atoms with Gasteiger partial charge in [-0.05, 0) is 44.7 Å². The predicted molar refractivity (Wildman–Crippen MR) is 94.8 cm³/mol. The highest BCUT2D eigenvalue weighted by atomic mass is 16.6. The fourth-order valence-electron chi connectivity index (χ4n) is 3.40. The van der Waals surface area contributed by atoms with E-state index in [-0.39, 0.29) is 18.0 Å². The fraction of sp³-hybridized carbons (Fsp3) is 0.611. The summed E-state index contributed by atoms with van der Waals surface area (Å²) in [5, 5.41) is 3.05. The number of pyridine rings is 1. The van der Waals surface area contributed by atoms with Gasteiger partial charge < -0.3 is 19.9 Å². The van der Waals surface area contributed by atoms with E-state index < -0.39 is 0 Å². The van der Waals surface area contributed by atoms with Crippen molar-refractivity contribution in [3.8, 4) is 0 Å². The molecule has 1 aromatic heterocycles. The molecule has 0 radical (unpaired) electrons. The highest BCUT2D eigenvalue weighted by Crippen LogP contribution is 2.20. The number of anilines is 1. The Balaban J connectivity index is 1.53. The molecule has 2 amide bonds. The van der Waals surface area contributed by atoms with Gasteiger partial charge in [-0.1, -0.05) is 0 Å². The summed E-state index contributed by atoms with van der Waals surface area (Å²) in [5.41, 5.74) is 1.52. The van der Waals surface area contributed by atoms with Crippen molar-refractivity contribution < 1.29 is 14.3 Å². The van der Waals surface area contributed by atoms with Crippen LogP contribution in [0.2, 0.25) is 0 Å². The lowest BCUT2D eigenvalue weighted by atomic mass is 10.1. The molecule has 1 N–H and O–H groups in total. The molecule has 2 fully saturated rings. The van der Waals surface area contributed by atoms with Crippen molar-refractivity contribution in [1.29, 1.82) is 0 Å². The number of ether oxygens (including phenoxy) is 1. The van der Waals surface area contributed by atoms with Gasteiger partial charge in [0.25, 0.3) is 5.91 Å².